The molecular weight excluding hydrogens is 332 g/mol. The van der Waals surface area contributed by atoms with Gasteiger partial charge in [0, 0.05) is 30.7 Å². The number of hydrogen-bond acceptors (Lipinski definition) is 5. The average molecular weight is 349 g/mol. The third kappa shape index (κ3) is 4.60. The number of hydrogen-bond donors (Lipinski definition) is 0. The Morgan fingerprint density at radius 1 is 1.43 bits per heavy atom. The minimum Gasteiger partial charge on any atom is -0.383 e. The van der Waals surface area contributed by atoms with Crippen LogP contribution in [0.2, 0.25) is 5.02 Å². The van der Waals surface area contributed by atoms with Crippen molar-refractivity contribution in [1.82, 2.24) is 9.55 Å². The molecule has 0 unspecified atom stereocenters. The first-order valence-corrected chi connectivity index (χ1v) is 9.78. The molecule has 1 heterocycles. The molecule has 0 radical (unpaired) electrons. The fraction of sp³-hybridized carbons (Fsp3) is 0.462. The molecule has 5 nitrogen and oxygen atoms in total. The second-order valence-corrected chi connectivity index (χ2v) is 8.41. The second kappa shape index (κ2) is 7.00. The predicted molar refractivity (Wildman–Crippen MR) is 87.1 cm³/mol. The van der Waals surface area contributed by atoms with Crippen LogP contribution in [0.3, 0.4) is 0 Å². The standard InChI is InChI=1S/C13H17ClN2O3S2/c1-19-6-5-16-12-4-3-10(14)9-11(12)15-13(16)20-7-8-21(2,17)18/h3-4,9H,5-8H2,1-2H3. The topological polar surface area (TPSA) is 61.2 Å². The Balaban J connectivity index is 2.27. The van der Waals surface area contributed by atoms with E-state index in [1.165, 1.54) is 18.0 Å². The first-order valence-electron chi connectivity index (χ1n) is 6.36. The van der Waals surface area contributed by atoms with Gasteiger partial charge in [0.1, 0.15) is 9.84 Å². The van der Waals surface area contributed by atoms with E-state index in [9.17, 15) is 8.42 Å². The summed E-state index contributed by atoms with van der Waals surface area (Å²) >= 11 is 7.42. The quantitative estimate of drug-likeness (QED) is 0.719. The van der Waals surface area contributed by atoms with Gasteiger partial charge < -0.3 is 9.30 Å². The molecule has 1 aromatic carbocycles. The molecule has 0 N–H and O–H groups in total. The van der Waals surface area contributed by atoms with Gasteiger partial charge in [-0.1, -0.05) is 23.4 Å². The van der Waals surface area contributed by atoms with Gasteiger partial charge in [0.15, 0.2) is 5.16 Å². The van der Waals surface area contributed by atoms with Crippen molar-refractivity contribution >= 4 is 44.2 Å². The number of methoxy groups -OCH3 is 1. The van der Waals surface area contributed by atoms with Crippen LogP contribution in [0.25, 0.3) is 11.0 Å². The molecule has 2 rings (SSSR count). The molecule has 116 valence electrons. The van der Waals surface area contributed by atoms with Gasteiger partial charge in [-0.3, -0.25) is 0 Å². The molecular formula is C13H17ClN2O3S2. The van der Waals surface area contributed by atoms with Crippen molar-refractivity contribution in [3.63, 3.8) is 0 Å². The maximum Gasteiger partial charge on any atom is 0.169 e. The molecule has 0 fully saturated rings. The van der Waals surface area contributed by atoms with Crippen LogP contribution in [0.5, 0.6) is 0 Å². The van der Waals surface area contributed by atoms with E-state index < -0.39 is 9.84 Å². The van der Waals surface area contributed by atoms with Gasteiger partial charge in [0.2, 0.25) is 0 Å². The van der Waals surface area contributed by atoms with Gasteiger partial charge in [-0.15, -0.1) is 0 Å². The van der Waals surface area contributed by atoms with Gasteiger partial charge in [-0.25, -0.2) is 13.4 Å². The molecule has 0 spiro atoms. The largest absolute Gasteiger partial charge is 0.383 e. The van der Waals surface area contributed by atoms with Crippen LogP contribution in [0.1, 0.15) is 0 Å². The molecule has 8 heteroatoms. The van der Waals surface area contributed by atoms with Crippen molar-refractivity contribution in [3.8, 4) is 0 Å². The zero-order chi connectivity index (χ0) is 15.5. The third-order valence-electron chi connectivity index (χ3n) is 2.88. The molecule has 21 heavy (non-hydrogen) atoms. The predicted octanol–water partition coefficient (Wildman–Crippen LogP) is 2.47. The number of aromatic nitrogens is 2. The molecule has 0 bridgehead atoms. The lowest BCUT2D eigenvalue weighted by atomic mass is 10.3. The average Bonchev–Trinajstić information content (AvgIpc) is 2.71. The van der Waals surface area contributed by atoms with Gasteiger partial charge in [-0.05, 0) is 18.2 Å². The Bertz CT molecular complexity index is 728. The molecule has 0 aliphatic heterocycles. The molecule has 2 aromatic rings. The number of imidazole rings is 1. The zero-order valence-corrected chi connectivity index (χ0v) is 14.3. The van der Waals surface area contributed by atoms with Crippen LogP contribution in [-0.2, 0) is 21.1 Å². The van der Waals surface area contributed by atoms with Crippen molar-refractivity contribution in [1.29, 1.82) is 0 Å². The lowest BCUT2D eigenvalue weighted by molar-refractivity contribution is 0.186. The lowest BCUT2D eigenvalue weighted by Crippen LogP contribution is -2.08. The van der Waals surface area contributed by atoms with Gasteiger partial charge in [-0.2, -0.15) is 0 Å². The van der Waals surface area contributed by atoms with Crippen LogP contribution < -0.4 is 0 Å². The smallest absolute Gasteiger partial charge is 0.169 e. The summed E-state index contributed by atoms with van der Waals surface area (Å²) in [7, 11) is -1.32. The molecule has 0 atom stereocenters. The number of benzene rings is 1. The highest BCUT2D eigenvalue weighted by molar-refractivity contribution is 8.00. The van der Waals surface area contributed by atoms with E-state index in [1.807, 2.05) is 16.7 Å². The summed E-state index contributed by atoms with van der Waals surface area (Å²) in [6, 6.07) is 5.54. The maximum absolute atomic E-state index is 11.2. The van der Waals surface area contributed by atoms with Crippen molar-refractivity contribution in [2.24, 2.45) is 0 Å². The normalized spacial score (nSPS) is 12.1. The molecule has 0 saturated carbocycles. The molecule has 0 saturated heterocycles. The zero-order valence-electron chi connectivity index (χ0n) is 11.9. The summed E-state index contributed by atoms with van der Waals surface area (Å²) < 4.78 is 29.6. The Morgan fingerprint density at radius 3 is 2.86 bits per heavy atom. The highest BCUT2D eigenvalue weighted by atomic mass is 35.5. The minimum atomic E-state index is -2.96. The van der Waals surface area contributed by atoms with E-state index in [0.717, 1.165) is 16.2 Å². The monoisotopic (exact) mass is 348 g/mol. The van der Waals surface area contributed by atoms with Crippen LogP contribution in [-0.4, -0.2) is 49.4 Å². The third-order valence-corrected chi connectivity index (χ3v) is 5.30. The van der Waals surface area contributed by atoms with Crippen LogP contribution in [0.4, 0.5) is 0 Å². The SMILES string of the molecule is COCCn1c(SCCS(C)(=O)=O)nc2cc(Cl)ccc21. The van der Waals surface area contributed by atoms with Crippen molar-refractivity contribution in [2.75, 3.05) is 31.5 Å². The fourth-order valence-electron chi connectivity index (χ4n) is 1.87. The van der Waals surface area contributed by atoms with Gasteiger partial charge in [0.25, 0.3) is 0 Å². The number of fused-ring (bicyclic) bond motifs is 1. The summed E-state index contributed by atoms with van der Waals surface area (Å²) in [5.41, 5.74) is 1.78. The van der Waals surface area contributed by atoms with E-state index in [2.05, 4.69) is 4.98 Å². The molecule has 0 amide bonds. The number of thioether (sulfide) groups is 1. The van der Waals surface area contributed by atoms with Crippen molar-refractivity contribution in [3.05, 3.63) is 23.2 Å². The summed E-state index contributed by atoms with van der Waals surface area (Å²) in [4.78, 5) is 4.54. The molecule has 0 aliphatic carbocycles. The van der Waals surface area contributed by atoms with Crippen molar-refractivity contribution in [2.45, 2.75) is 11.7 Å². The van der Waals surface area contributed by atoms with E-state index in [0.29, 0.717) is 23.9 Å². The number of nitrogens with zero attached hydrogens (tertiary/aromatic N) is 2. The van der Waals surface area contributed by atoms with Crippen LogP contribution >= 0.6 is 23.4 Å². The molecule has 0 aliphatic rings. The van der Waals surface area contributed by atoms with Crippen LogP contribution in [0.15, 0.2) is 23.4 Å². The Hall–Kier alpha value is -0.760. The van der Waals surface area contributed by atoms with Gasteiger partial charge >= 0.3 is 0 Å². The van der Waals surface area contributed by atoms with Crippen molar-refractivity contribution < 1.29 is 13.2 Å². The van der Waals surface area contributed by atoms with Crippen LogP contribution in [0, 0.1) is 0 Å². The molecule has 1 aromatic heterocycles. The minimum absolute atomic E-state index is 0.131. The Morgan fingerprint density at radius 2 is 2.19 bits per heavy atom. The number of rotatable bonds is 7. The Kier molecular flexibility index (Phi) is 5.54. The number of sulfone groups is 1. The van der Waals surface area contributed by atoms with E-state index in [1.54, 1.807) is 13.2 Å². The van der Waals surface area contributed by atoms with E-state index in [-0.39, 0.29) is 5.75 Å². The second-order valence-electron chi connectivity index (χ2n) is 4.65. The summed E-state index contributed by atoms with van der Waals surface area (Å²) in [6.07, 6.45) is 1.24. The number of ether oxygens (including phenoxy) is 1. The summed E-state index contributed by atoms with van der Waals surface area (Å²) in [5, 5.41) is 1.42. The summed E-state index contributed by atoms with van der Waals surface area (Å²) in [6.45, 7) is 1.23. The first-order chi connectivity index (χ1) is 9.90. The Labute approximate surface area is 133 Å². The van der Waals surface area contributed by atoms with E-state index >= 15 is 0 Å². The number of halogens is 1. The highest BCUT2D eigenvalue weighted by Gasteiger charge is 2.12. The first kappa shape index (κ1) is 16.6. The van der Waals surface area contributed by atoms with E-state index in [4.69, 9.17) is 16.3 Å². The summed E-state index contributed by atoms with van der Waals surface area (Å²) in [5.74, 6) is 0.606. The highest BCUT2D eigenvalue weighted by Crippen LogP contribution is 2.26. The lowest BCUT2D eigenvalue weighted by Gasteiger charge is -2.08. The maximum atomic E-state index is 11.2. The van der Waals surface area contributed by atoms with Gasteiger partial charge in [0.05, 0.1) is 23.4 Å². The fourth-order valence-corrected chi connectivity index (χ4v) is 4.28.